The predicted octanol–water partition coefficient (Wildman–Crippen LogP) is 17.3. The van der Waals surface area contributed by atoms with Gasteiger partial charge in [0, 0.05) is 19.3 Å². The van der Waals surface area contributed by atoms with E-state index in [0.717, 1.165) is 38.5 Å². The Morgan fingerprint density at radius 2 is 0.541 bits per heavy atom. The summed E-state index contributed by atoms with van der Waals surface area (Å²) < 4.78 is 14.9. The first kappa shape index (κ1) is 78.7. The second kappa shape index (κ2) is 75.4. The maximum Gasteiger partial charge on any atom is 0.305 e. The largest absolute Gasteiger partial charge is 0.481 e. The van der Waals surface area contributed by atoms with Crippen LogP contribution in [0, 0.1) is 0 Å². The first-order valence-electron chi connectivity index (χ1n) is 31.8. The van der Waals surface area contributed by atoms with E-state index in [1.807, 2.05) is 0 Å². The van der Waals surface area contributed by atoms with Gasteiger partial charge in [0.2, 0.25) is 0 Å². The van der Waals surface area contributed by atoms with E-state index in [-0.39, 0.29) is 45.0 Å². The van der Waals surface area contributed by atoms with E-state index >= 15 is 0 Å². The molecule has 0 bridgehead atoms. The zero-order chi connectivity index (χ0) is 55.3. The van der Waals surface area contributed by atoms with Gasteiger partial charge < -0.3 is 39.7 Å². The Bertz CT molecular complexity index is 1030. The van der Waals surface area contributed by atoms with Crippen LogP contribution in [0.4, 0.5) is 0 Å². The summed E-state index contributed by atoms with van der Waals surface area (Å²) in [5.41, 5.74) is 0. The van der Waals surface area contributed by atoms with Gasteiger partial charge in [-0.1, -0.05) is 290 Å². The Labute approximate surface area is 458 Å². The van der Waals surface area contributed by atoms with Crippen LogP contribution in [0.15, 0.2) is 0 Å². The summed E-state index contributed by atoms with van der Waals surface area (Å²) in [5, 5.41) is 41.6. The van der Waals surface area contributed by atoms with E-state index in [1.54, 1.807) is 0 Å². The van der Waals surface area contributed by atoms with Gasteiger partial charge in [0.25, 0.3) is 0 Å². The van der Waals surface area contributed by atoms with E-state index in [0.29, 0.717) is 32.5 Å². The first-order valence-corrected chi connectivity index (χ1v) is 31.8. The number of carboxylic acids is 1. The molecule has 0 heterocycles. The van der Waals surface area contributed by atoms with Gasteiger partial charge in [-0.25, -0.2) is 0 Å². The van der Waals surface area contributed by atoms with Crippen molar-refractivity contribution in [1.29, 1.82) is 0 Å². The van der Waals surface area contributed by atoms with Crippen LogP contribution in [0.5, 0.6) is 0 Å². The van der Waals surface area contributed by atoms with Gasteiger partial charge in [0.1, 0.15) is 13.2 Å². The molecule has 0 aromatic rings. The zero-order valence-electron chi connectivity index (χ0n) is 49.7. The van der Waals surface area contributed by atoms with Crippen LogP contribution in [0.1, 0.15) is 336 Å². The van der Waals surface area contributed by atoms with Gasteiger partial charge in [0.05, 0.1) is 39.1 Å². The summed E-state index contributed by atoms with van der Waals surface area (Å²) in [6.45, 7) is 9.22. The Kier molecular flexibility index (Phi) is 80.2. The molecule has 0 saturated carbocycles. The Morgan fingerprint density at radius 3 is 0.757 bits per heavy atom. The number of aliphatic carboxylic acids is 1. The number of ether oxygens (including phenoxy) is 3. The predicted molar refractivity (Wildman–Crippen MR) is 312 cm³/mol. The molecule has 0 aliphatic heterocycles. The molecule has 446 valence electrons. The molecule has 11 nitrogen and oxygen atoms in total. The third-order valence-corrected chi connectivity index (χ3v) is 13.3. The average Bonchev–Trinajstić information content (AvgIpc) is 3.39. The second-order valence-corrected chi connectivity index (χ2v) is 21.0. The Balaban J connectivity index is -0.000000477. The number of carboxylic acid groups (broad SMARTS) is 1. The first-order chi connectivity index (χ1) is 36.2. The molecule has 0 aromatic carbocycles. The number of carbonyl (C=O) groups is 3. The van der Waals surface area contributed by atoms with Crippen LogP contribution in [0.25, 0.3) is 0 Å². The second-order valence-electron chi connectivity index (χ2n) is 21.0. The maximum absolute atomic E-state index is 11.5. The summed E-state index contributed by atoms with van der Waals surface area (Å²) >= 11 is 0. The summed E-state index contributed by atoms with van der Waals surface area (Å²) in [6, 6.07) is 0. The summed E-state index contributed by atoms with van der Waals surface area (Å²) in [5.74, 6) is -0.958. The zero-order valence-corrected chi connectivity index (χ0v) is 49.7. The van der Waals surface area contributed by atoms with Crippen molar-refractivity contribution in [2.45, 2.75) is 342 Å². The molecule has 0 saturated heterocycles. The smallest absolute Gasteiger partial charge is 0.305 e. The molecular weight excluding hydrogens is 933 g/mol. The fourth-order valence-corrected chi connectivity index (χ4v) is 8.61. The Morgan fingerprint density at radius 1 is 0.324 bits per heavy atom. The van der Waals surface area contributed by atoms with Gasteiger partial charge in [-0.2, -0.15) is 0 Å². The van der Waals surface area contributed by atoms with E-state index < -0.39 is 12.1 Å². The van der Waals surface area contributed by atoms with Crippen molar-refractivity contribution in [2.75, 3.05) is 46.2 Å². The highest BCUT2D eigenvalue weighted by Gasteiger charge is 2.04. The molecule has 0 spiro atoms. The van der Waals surface area contributed by atoms with Crippen LogP contribution in [0.2, 0.25) is 0 Å². The highest BCUT2D eigenvalue weighted by Crippen LogP contribution is 2.17. The SMILES string of the molecule is CC(O)CO.CCCCCCCCCCCCCCCCCC(=O)O.CCCCCCCCCCCCCCCCCC(=O)OCCO.CCCCCCCCCCCCCCCCCC(=O)OCCOCCO. The summed E-state index contributed by atoms with van der Waals surface area (Å²) in [7, 11) is 0. The number of rotatable bonds is 56. The van der Waals surface area contributed by atoms with Crippen molar-refractivity contribution in [1.82, 2.24) is 0 Å². The highest BCUT2D eigenvalue weighted by atomic mass is 16.6. The number of carbonyl (C=O) groups excluding carboxylic acids is 2. The van der Waals surface area contributed by atoms with Crippen molar-refractivity contribution < 1.29 is 54.1 Å². The lowest BCUT2D eigenvalue weighted by Crippen LogP contribution is -2.11. The van der Waals surface area contributed by atoms with E-state index in [9.17, 15) is 14.4 Å². The fraction of sp³-hybridized carbons (Fsp3) is 0.952. The number of aliphatic hydroxyl groups excluding tert-OH is 4. The molecule has 11 heteroatoms. The van der Waals surface area contributed by atoms with Crippen molar-refractivity contribution in [3.63, 3.8) is 0 Å². The molecule has 0 aromatic heterocycles. The van der Waals surface area contributed by atoms with E-state index in [4.69, 9.17) is 39.7 Å². The molecule has 74 heavy (non-hydrogen) atoms. The molecular formula is C63H128O11. The summed E-state index contributed by atoms with van der Waals surface area (Å²) in [4.78, 5) is 33.0. The Hall–Kier alpha value is -1.79. The van der Waals surface area contributed by atoms with Crippen LogP contribution < -0.4 is 0 Å². The number of hydrogen-bond donors (Lipinski definition) is 5. The van der Waals surface area contributed by atoms with Crippen molar-refractivity contribution >= 4 is 17.9 Å². The van der Waals surface area contributed by atoms with Gasteiger partial charge in [0.15, 0.2) is 0 Å². The molecule has 1 unspecified atom stereocenters. The van der Waals surface area contributed by atoms with Crippen LogP contribution in [-0.2, 0) is 28.6 Å². The van der Waals surface area contributed by atoms with Crippen LogP contribution >= 0.6 is 0 Å². The fourth-order valence-electron chi connectivity index (χ4n) is 8.61. The molecule has 0 aliphatic rings. The number of aliphatic hydroxyl groups is 4. The van der Waals surface area contributed by atoms with Crippen molar-refractivity contribution in [3.8, 4) is 0 Å². The molecule has 0 rings (SSSR count). The number of esters is 2. The van der Waals surface area contributed by atoms with Crippen molar-refractivity contribution in [2.24, 2.45) is 0 Å². The van der Waals surface area contributed by atoms with Crippen LogP contribution in [-0.4, -0.2) is 95.8 Å². The summed E-state index contributed by atoms with van der Waals surface area (Å²) in [6.07, 6.45) is 60.5. The topological polar surface area (TPSA) is 180 Å². The minimum atomic E-state index is -0.653. The normalized spacial score (nSPS) is 11.2. The highest BCUT2D eigenvalue weighted by molar-refractivity contribution is 5.69. The van der Waals surface area contributed by atoms with Gasteiger partial charge in [-0.3, -0.25) is 14.4 Å². The van der Waals surface area contributed by atoms with Gasteiger partial charge >= 0.3 is 17.9 Å². The third-order valence-electron chi connectivity index (χ3n) is 13.3. The average molecular weight is 1060 g/mol. The van der Waals surface area contributed by atoms with Gasteiger partial charge in [-0.05, 0) is 26.2 Å². The van der Waals surface area contributed by atoms with E-state index in [1.165, 1.54) is 257 Å². The molecule has 0 amide bonds. The quantitative estimate of drug-likeness (QED) is 0.0289. The molecule has 5 N–H and O–H groups in total. The minimum absolute atomic E-state index is 0.00702. The molecule has 1 atom stereocenters. The molecule has 0 aliphatic carbocycles. The monoisotopic (exact) mass is 1060 g/mol. The lowest BCUT2D eigenvalue weighted by atomic mass is 10.0. The van der Waals surface area contributed by atoms with Crippen LogP contribution in [0.3, 0.4) is 0 Å². The third kappa shape index (κ3) is 86.9. The minimum Gasteiger partial charge on any atom is -0.481 e. The lowest BCUT2D eigenvalue weighted by molar-refractivity contribution is -0.146. The number of hydrogen-bond acceptors (Lipinski definition) is 10. The standard InChI is InChI=1S/C22H44O4.C20H40O3.C18H36O2.C3H8O2/c1-2-3-4-5-6-7-8-9-10-11-12-13-14-15-16-17-22(24)26-21-20-25-19-18-23;1-2-3-4-5-6-7-8-9-10-11-12-13-14-15-16-17-20(22)23-19-18-21;1-2-3-4-5-6-7-8-9-10-11-12-13-14-15-16-17-18(19)20;1-3(5)2-4/h23H,2-21H2,1H3;21H,2-19H2,1H3;2-17H2,1H3,(H,19,20);3-5H,2H2,1H3. The molecule has 0 radical (unpaired) electrons. The number of unbranched alkanes of at least 4 members (excludes halogenated alkanes) is 42. The lowest BCUT2D eigenvalue weighted by Gasteiger charge is -2.05. The molecule has 0 fully saturated rings. The van der Waals surface area contributed by atoms with Gasteiger partial charge in [-0.15, -0.1) is 0 Å². The maximum atomic E-state index is 11.5. The van der Waals surface area contributed by atoms with E-state index in [2.05, 4.69) is 20.8 Å². The van der Waals surface area contributed by atoms with Crippen molar-refractivity contribution in [3.05, 3.63) is 0 Å².